The molecule has 3 amide bonds. The second-order valence-corrected chi connectivity index (χ2v) is 10.2. The highest BCUT2D eigenvalue weighted by Crippen LogP contribution is 2.48. The first-order valence-corrected chi connectivity index (χ1v) is 11.8. The second kappa shape index (κ2) is 7.27. The lowest BCUT2D eigenvalue weighted by atomic mass is 10.0. The molecule has 0 aromatic heterocycles. The molecule has 2 aliphatic carbocycles. The van der Waals surface area contributed by atoms with Crippen LogP contribution in [0.1, 0.15) is 53.2 Å². The zero-order valence-corrected chi connectivity index (χ0v) is 18.4. The number of hydrogen-bond acceptors (Lipinski definition) is 6. The zero-order valence-electron chi connectivity index (χ0n) is 18.4. The predicted molar refractivity (Wildman–Crippen MR) is 117 cm³/mol. The number of piperazine rings is 1. The van der Waals surface area contributed by atoms with Crippen molar-refractivity contribution in [1.29, 1.82) is 5.26 Å². The summed E-state index contributed by atoms with van der Waals surface area (Å²) < 4.78 is 0. The molecule has 3 aliphatic heterocycles. The minimum absolute atomic E-state index is 0.0228. The van der Waals surface area contributed by atoms with E-state index in [4.69, 9.17) is 11.5 Å². The van der Waals surface area contributed by atoms with Crippen molar-refractivity contribution in [2.24, 2.45) is 17.4 Å². The van der Waals surface area contributed by atoms with E-state index in [9.17, 15) is 19.6 Å². The van der Waals surface area contributed by atoms with Crippen molar-refractivity contribution in [1.82, 2.24) is 14.7 Å². The number of amides is 3. The zero-order chi connectivity index (χ0) is 23.0. The topological polar surface area (TPSA) is 137 Å². The number of hydrogen-bond donors (Lipinski definition) is 2. The molecule has 6 rings (SSSR count). The van der Waals surface area contributed by atoms with E-state index < -0.39 is 11.9 Å². The van der Waals surface area contributed by atoms with Gasteiger partial charge in [0.2, 0.25) is 17.7 Å². The molecule has 0 spiro atoms. The Kier molecular flexibility index (Phi) is 4.55. The minimum Gasteiger partial charge on any atom is -0.366 e. The fourth-order valence-electron chi connectivity index (χ4n) is 6.75. The van der Waals surface area contributed by atoms with Gasteiger partial charge >= 0.3 is 0 Å². The molecule has 5 aliphatic rings. The minimum atomic E-state index is -0.722. The lowest BCUT2D eigenvalue weighted by molar-refractivity contribution is -0.141. The fourth-order valence-corrected chi connectivity index (χ4v) is 6.75. The lowest BCUT2D eigenvalue weighted by Gasteiger charge is -2.38. The number of primary amides is 1. The molecule has 1 aromatic rings. The summed E-state index contributed by atoms with van der Waals surface area (Å²) in [4.78, 5) is 43.6. The van der Waals surface area contributed by atoms with Gasteiger partial charge in [0.1, 0.15) is 6.04 Å². The van der Waals surface area contributed by atoms with Crippen LogP contribution in [-0.4, -0.2) is 75.7 Å². The molecule has 9 nitrogen and oxygen atoms in total. The number of rotatable bonds is 5. The maximum absolute atomic E-state index is 13.3. The van der Waals surface area contributed by atoms with Crippen LogP contribution in [0.5, 0.6) is 0 Å². The van der Waals surface area contributed by atoms with Gasteiger partial charge in [0, 0.05) is 30.7 Å². The lowest BCUT2D eigenvalue weighted by Crippen LogP contribution is -2.57. The average Bonchev–Trinajstić information content (AvgIpc) is 3.15. The summed E-state index contributed by atoms with van der Waals surface area (Å²) in [7, 11) is 0. The van der Waals surface area contributed by atoms with Gasteiger partial charge in [0.15, 0.2) is 0 Å². The van der Waals surface area contributed by atoms with Crippen LogP contribution in [0.3, 0.4) is 0 Å². The van der Waals surface area contributed by atoms with Gasteiger partial charge in [-0.05, 0) is 61.3 Å². The summed E-state index contributed by atoms with van der Waals surface area (Å²) in [5.74, 6) is -0.0435. The molecule has 1 unspecified atom stereocenters. The second-order valence-electron chi connectivity index (χ2n) is 10.2. The molecule has 4 N–H and O–H groups in total. The largest absolute Gasteiger partial charge is 0.366 e. The van der Waals surface area contributed by atoms with Gasteiger partial charge in [0.25, 0.3) is 0 Å². The highest BCUT2D eigenvalue weighted by atomic mass is 16.2. The van der Waals surface area contributed by atoms with Crippen molar-refractivity contribution in [3.8, 4) is 6.07 Å². The highest BCUT2D eigenvalue weighted by molar-refractivity contribution is 5.93. The van der Waals surface area contributed by atoms with Crippen LogP contribution in [-0.2, 0) is 16.0 Å². The Hall–Kier alpha value is -2.96. The van der Waals surface area contributed by atoms with E-state index in [2.05, 4.69) is 11.0 Å². The molecular weight excluding hydrogens is 420 g/mol. The standard InChI is InChI=1S/C24H28N6O3/c25-9-15-6-14-7-20(14)29(15)23(32)18(26)11-28-10-16-8-21(28)24(33)30(16)19-4-2-12-5-13(22(27)31)1-3-17(12)19/h1,3,5,14-16,18-21H,2,4,6-8,10-11,26H2,(H2,27,31)/t14-,15+,16?,18+,19+,20+,21-/m1/s1. The number of aryl methyl sites for hydroxylation is 1. The van der Waals surface area contributed by atoms with Gasteiger partial charge in [-0.1, -0.05) is 6.07 Å². The van der Waals surface area contributed by atoms with Crippen molar-refractivity contribution in [2.75, 3.05) is 13.1 Å². The van der Waals surface area contributed by atoms with Crippen LogP contribution in [0.15, 0.2) is 18.2 Å². The molecule has 4 fully saturated rings. The number of carbonyl (C=O) groups is 3. The van der Waals surface area contributed by atoms with Gasteiger partial charge in [-0.2, -0.15) is 5.26 Å². The molecular formula is C24H28N6O3. The maximum atomic E-state index is 13.3. The van der Waals surface area contributed by atoms with Gasteiger partial charge in [-0.25, -0.2) is 0 Å². The van der Waals surface area contributed by atoms with Crippen molar-refractivity contribution < 1.29 is 14.4 Å². The van der Waals surface area contributed by atoms with Crippen LogP contribution in [0.4, 0.5) is 0 Å². The molecule has 172 valence electrons. The Morgan fingerprint density at radius 3 is 2.76 bits per heavy atom. The molecule has 0 radical (unpaired) electrons. The summed E-state index contributed by atoms with van der Waals surface area (Å²) >= 11 is 0. The summed E-state index contributed by atoms with van der Waals surface area (Å²) in [6, 6.07) is 6.74. The third-order valence-electron chi connectivity index (χ3n) is 8.38. The van der Waals surface area contributed by atoms with Crippen molar-refractivity contribution in [3.05, 3.63) is 34.9 Å². The van der Waals surface area contributed by atoms with E-state index in [0.717, 1.165) is 43.2 Å². The molecule has 7 atom stereocenters. The third-order valence-corrected chi connectivity index (χ3v) is 8.38. The molecule has 1 saturated carbocycles. The summed E-state index contributed by atoms with van der Waals surface area (Å²) in [6.45, 7) is 1.05. The Bertz CT molecular complexity index is 1100. The molecule has 3 heterocycles. The number of fused-ring (bicyclic) bond motifs is 4. The first kappa shape index (κ1) is 20.6. The first-order valence-electron chi connectivity index (χ1n) is 11.8. The average molecular weight is 449 g/mol. The third kappa shape index (κ3) is 3.08. The van der Waals surface area contributed by atoms with E-state index in [-0.39, 0.29) is 42.0 Å². The SMILES string of the molecule is N#C[C@@H]1C[C@@H]2C[C@@H]2N1C(=O)[C@@H](N)CN1CC2C[C@@H]1C(=O)N2[C@H]1CCc2cc(C(N)=O)ccc21. The summed E-state index contributed by atoms with van der Waals surface area (Å²) in [5, 5.41) is 9.39. The Balaban J connectivity index is 1.13. The fraction of sp³-hybridized carbons (Fsp3) is 0.583. The Morgan fingerprint density at radius 1 is 1.21 bits per heavy atom. The van der Waals surface area contributed by atoms with E-state index in [0.29, 0.717) is 24.6 Å². The summed E-state index contributed by atoms with van der Waals surface area (Å²) in [5.41, 5.74) is 14.4. The quantitative estimate of drug-likeness (QED) is 0.645. The van der Waals surface area contributed by atoms with Crippen LogP contribution < -0.4 is 11.5 Å². The van der Waals surface area contributed by atoms with Crippen LogP contribution >= 0.6 is 0 Å². The number of likely N-dealkylation sites (tertiary alicyclic amines) is 3. The van der Waals surface area contributed by atoms with Gasteiger partial charge in [-0.3, -0.25) is 19.3 Å². The van der Waals surface area contributed by atoms with Gasteiger partial charge in [0.05, 0.1) is 24.2 Å². The molecule has 2 bridgehead atoms. The van der Waals surface area contributed by atoms with Crippen molar-refractivity contribution in [3.63, 3.8) is 0 Å². The number of nitriles is 1. The van der Waals surface area contributed by atoms with Gasteiger partial charge < -0.3 is 21.3 Å². The van der Waals surface area contributed by atoms with Crippen LogP contribution in [0.25, 0.3) is 0 Å². The number of nitrogens with zero attached hydrogens (tertiary/aromatic N) is 4. The van der Waals surface area contributed by atoms with E-state index in [1.54, 1.807) is 11.0 Å². The smallest absolute Gasteiger partial charge is 0.248 e. The van der Waals surface area contributed by atoms with Crippen LogP contribution in [0.2, 0.25) is 0 Å². The number of carbonyl (C=O) groups excluding carboxylic acids is 3. The van der Waals surface area contributed by atoms with E-state index >= 15 is 0 Å². The summed E-state index contributed by atoms with van der Waals surface area (Å²) in [6.07, 6.45) is 4.15. The molecule has 1 aromatic carbocycles. The van der Waals surface area contributed by atoms with Gasteiger partial charge in [-0.15, -0.1) is 0 Å². The molecule has 33 heavy (non-hydrogen) atoms. The number of nitrogens with two attached hydrogens (primary N) is 2. The Morgan fingerprint density at radius 2 is 2.03 bits per heavy atom. The monoisotopic (exact) mass is 448 g/mol. The number of piperidine rings is 1. The van der Waals surface area contributed by atoms with Crippen molar-refractivity contribution >= 4 is 17.7 Å². The van der Waals surface area contributed by atoms with Crippen LogP contribution in [0, 0.1) is 17.2 Å². The first-order chi connectivity index (χ1) is 15.9. The maximum Gasteiger partial charge on any atom is 0.248 e. The van der Waals surface area contributed by atoms with E-state index in [1.165, 1.54) is 0 Å². The molecule has 9 heteroatoms. The van der Waals surface area contributed by atoms with Crippen molar-refractivity contribution in [2.45, 2.75) is 68.4 Å². The highest BCUT2D eigenvalue weighted by Gasteiger charge is 2.56. The predicted octanol–water partition coefficient (Wildman–Crippen LogP) is -0.102. The van der Waals surface area contributed by atoms with E-state index in [1.807, 2.05) is 17.0 Å². The molecule has 3 saturated heterocycles. The normalized spacial score (nSPS) is 34.8. The Labute approximate surface area is 192 Å². The number of benzene rings is 1.